The van der Waals surface area contributed by atoms with Gasteiger partial charge in [0.2, 0.25) is 0 Å². The number of benzene rings is 3. The smallest absolute Gasteiger partial charge is 0.271 e. The highest BCUT2D eigenvalue weighted by Gasteiger charge is 2.32. The van der Waals surface area contributed by atoms with E-state index in [0.29, 0.717) is 11.1 Å². The number of aryl methyl sites for hydroxylation is 1. The first-order valence-electron chi connectivity index (χ1n) is 11.6. The highest BCUT2D eigenvalue weighted by atomic mass is 32.1. The van der Waals surface area contributed by atoms with Crippen LogP contribution < -0.4 is 19.6 Å². The van der Waals surface area contributed by atoms with Crippen LogP contribution in [0.1, 0.15) is 41.6 Å². The molecule has 0 spiro atoms. The van der Waals surface area contributed by atoms with E-state index < -0.39 is 0 Å². The summed E-state index contributed by atoms with van der Waals surface area (Å²) < 4.78 is 8.14. The lowest BCUT2D eigenvalue weighted by atomic mass is 9.83. The maximum Gasteiger partial charge on any atom is 0.271 e. The molecular formula is C29H24N2O2S. The summed E-state index contributed by atoms with van der Waals surface area (Å²) in [6.07, 6.45) is 3.82. The van der Waals surface area contributed by atoms with Crippen LogP contribution in [-0.4, -0.2) is 11.2 Å². The van der Waals surface area contributed by atoms with E-state index in [0.717, 1.165) is 40.2 Å². The van der Waals surface area contributed by atoms with Crippen molar-refractivity contribution < 1.29 is 4.74 Å². The third kappa shape index (κ3) is 3.53. The number of hydrogen-bond donors (Lipinski definition) is 0. The van der Waals surface area contributed by atoms with Crippen molar-refractivity contribution in [3.8, 4) is 5.75 Å². The lowest BCUT2D eigenvalue weighted by molar-refractivity contribution is 0.340. The van der Waals surface area contributed by atoms with E-state index in [2.05, 4.69) is 36.4 Å². The molecule has 0 radical (unpaired) electrons. The molecule has 4 aromatic rings. The number of hydrogen-bond acceptors (Lipinski definition) is 4. The molecule has 0 fully saturated rings. The molecule has 0 saturated carbocycles. The van der Waals surface area contributed by atoms with Gasteiger partial charge in [-0.05, 0) is 60.2 Å². The van der Waals surface area contributed by atoms with Gasteiger partial charge in [0.15, 0.2) is 4.80 Å². The summed E-state index contributed by atoms with van der Waals surface area (Å²) >= 11 is 1.46. The largest absolute Gasteiger partial charge is 0.494 e. The zero-order valence-corrected chi connectivity index (χ0v) is 19.7. The van der Waals surface area contributed by atoms with Gasteiger partial charge in [-0.2, -0.15) is 0 Å². The van der Waals surface area contributed by atoms with E-state index >= 15 is 0 Å². The second kappa shape index (κ2) is 8.58. The Labute approximate surface area is 201 Å². The van der Waals surface area contributed by atoms with Crippen LogP contribution in [-0.2, 0) is 6.42 Å². The minimum Gasteiger partial charge on any atom is -0.494 e. The van der Waals surface area contributed by atoms with Crippen molar-refractivity contribution in [3.05, 3.63) is 126 Å². The normalized spacial score (nSPS) is 17.0. The second-order valence-electron chi connectivity index (χ2n) is 8.53. The Kier molecular flexibility index (Phi) is 5.27. The minimum atomic E-state index is -0.136. The summed E-state index contributed by atoms with van der Waals surface area (Å²) in [4.78, 5) is 19.5. The van der Waals surface area contributed by atoms with Crippen molar-refractivity contribution in [2.24, 2.45) is 4.99 Å². The molecule has 1 aliphatic carbocycles. The van der Waals surface area contributed by atoms with E-state index in [9.17, 15) is 4.79 Å². The first-order chi connectivity index (χ1) is 16.7. The lowest BCUT2D eigenvalue weighted by Crippen LogP contribution is -2.38. The topological polar surface area (TPSA) is 43.6 Å². The Bertz CT molecular complexity index is 1580. The number of aromatic nitrogens is 1. The quantitative estimate of drug-likeness (QED) is 0.439. The van der Waals surface area contributed by atoms with E-state index in [-0.39, 0.29) is 11.6 Å². The molecule has 4 nitrogen and oxygen atoms in total. The molecule has 168 valence electrons. The average Bonchev–Trinajstić information content (AvgIpc) is 3.19. The Hall–Kier alpha value is -3.70. The fraction of sp³-hybridized carbons (Fsp3) is 0.172. The van der Waals surface area contributed by atoms with E-state index in [1.807, 2.05) is 60.0 Å². The second-order valence-corrected chi connectivity index (χ2v) is 9.54. The van der Waals surface area contributed by atoms with Gasteiger partial charge < -0.3 is 4.74 Å². The summed E-state index contributed by atoms with van der Waals surface area (Å²) in [5.41, 5.74) is 6.88. The first-order valence-corrected chi connectivity index (χ1v) is 12.5. The van der Waals surface area contributed by atoms with E-state index in [1.165, 1.54) is 28.0 Å². The van der Waals surface area contributed by atoms with Crippen LogP contribution in [0, 0.1) is 0 Å². The van der Waals surface area contributed by atoms with Crippen LogP contribution in [0.2, 0.25) is 0 Å². The molecule has 2 aliphatic rings. The number of thiazole rings is 1. The number of nitrogens with zero attached hydrogens (tertiary/aromatic N) is 2. The van der Waals surface area contributed by atoms with Gasteiger partial charge in [0.1, 0.15) is 5.75 Å². The van der Waals surface area contributed by atoms with Crippen LogP contribution in [0.15, 0.2) is 94.2 Å². The average molecular weight is 465 g/mol. The number of fused-ring (bicyclic) bond motifs is 3. The van der Waals surface area contributed by atoms with Gasteiger partial charge in [0.05, 0.1) is 22.9 Å². The van der Waals surface area contributed by atoms with Crippen molar-refractivity contribution in [1.29, 1.82) is 0 Å². The minimum absolute atomic E-state index is 0.0110. The number of rotatable bonds is 4. The fourth-order valence-electron chi connectivity index (χ4n) is 4.94. The third-order valence-corrected chi connectivity index (χ3v) is 7.46. The van der Waals surface area contributed by atoms with Gasteiger partial charge in [-0.25, -0.2) is 4.99 Å². The predicted molar refractivity (Wildman–Crippen MR) is 137 cm³/mol. The Morgan fingerprint density at radius 1 is 1.00 bits per heavy atom. The van der Waals surface area contributed by atoms with Gasteiger partial charge in [0.25, 0.3) is 5.56 Å². The molecule has 5 heteroatoms. The molecule has 0 N–H and O–H groups in total. The molecule has 0 bridgehead atoms. The molecule has 1 atom stereocenters. The van der Waals surface area contributed by atoms with Gasteiger partial charge in [-0.1, -0.05) is 78.1 Å². The molecule has 6 rings (SSSR count). The van der Waals surface area contributed by atoms with Crippen LogP contribution >= 0.6 is 11.3 Å². The highest BCUT2D eigenvalue weighted by molar-refractivity contribution is 7.07. The predicted octanol–water partition coefficient (Wildman–Crippen LogP) is 4.72. The molecule has 3 aromatic carbocycles. The van der Waals surface area contributed by atoms with Crippen molar-refractivity contribution in [2.75, 3.05) is 6.61 Å². The van der Waals surface area contributed by atoms with Gasteiger partial charge >= 0.3 is 0 Å². The number of ether oxygens (including phenoxy) is 1. The van der Waals surface area contributed by atoms with Crippen LogP contribution in [0.3, 0.4) is 0 Å². The molecule has 0 saturated heterocycles. The standard InChI is InChI=1S/C29H24N2O2S/c1-2-33-22-15-12-19(13-16-22)18-25-28(32)31-27(21-9-4-3-5-10-21)24-17-14-20-8-6-7-11-23(20)26(24)30-29(31)34-25/h3-13,15-16,18,27H,2,14,17H2,1H3. The summed E-state index contributed by atoms with van der Waals surface area (Å²) in [5.74, 6) is 0.830. The zero-order valence-electron chi connectivity index (χ0n) is 18.9. The Morgan fingerprint density at radius 2 is 1.76 bits per heavy atom. The number of allylic oxidation sites excluding steroid dienone is 1. The summed E-state index contributed by atoms with van der Waals surface area (Å²) in [6.45, 7) is 2.60. The van der Waals surface area contributed by atoms with Gasteiger partial charge in [-0.3, -0.25) is 9.36 Å². The zero-order chi connectivity index (χ0) is 23.1. The van der Waals surface area contributed by atoms with Crippen LogP contribution in [0.4, 0.5) is 0 Å². The molecule has 34 heavy (non-hydrogen) atoms. The first kappa shape index (κ1) is 20.9. The molecule has 1 aromatic heterocycles. The van der Waals surface area contributed by atoms with E-state index in [4.69, 9.17) is 9.73 Å². The monoisotopic (exact) mass is 464 g/mol. The molecular weight excluding hydrogens is 440 g/mol. The molecule has 2 heterocycles. The molecule has 1 aliphatic heterocycles. The Morgan fingerprint density at radius 3 is 2.56 bits per heavy atom. The lowest BCUT2D eigenvalue weighted by Gasteiger charge is -2.30. The maximum absolute atomic E-state index is 13.7. The summed E-state index contributed by atoms with van der Waals surface area (Å²) in [5, 5.41) is 0. The summed E-state index contributed by atoms with van der Waals surface area (Å²) in [7, 11) is 0. The third-order valence-electron chi connectivity index (χ3n) is 6.48. The maximum atomic E-state index is 13.7. The van der Waals surface area contributed by atoms with Crippen molar-refractivity contribution in [3.63, 3.8) is 0 Å². The van der Waals surface area contributed by atoms with Crippen molar-refractivity contribution in [1.82, 2.24) is 4.57 Å². The van der Waals surface area contributed by atoms with E-state index in [1.54, 1.807) is 0 Å². The van der Waals surface area contributed by atoms with Crippen molar-refractivity contribution >= 4 is 23.1 Å². The van der Waals surface area contributed by atoms with Gasteiger partial charge in [-0.15, -0.1) is 0 Å². The van der Waals surface area contributed by atoms with Crippen LogP contribution in [0.5, 0.6) is 5.75 Å². The SMILES string of the molecule is CCOc1ccc(C=c2sc3n(c2=O)C(c2ccccc2)C2=C(N=3)c3ccccc3CC2)cc1. The highest BCUT2D eigenvalue weighted by Crippen LogP contribution is 2.41. The fourth-order valence-corrected chi connectivity index (χ4v) is 5.94. The molecule has 0 amide bonds. The summed E-state index contributed by atoms with van der Waals surface area (Å²) in [6, 6.07) is 26.6. The van der Waals surface area contributed by atoms with Gasteiger partial charge in [0, 0.05) is 5.56 Å². The van der Waals surface area contributed by atoms with Crippen molar-refractivity contribution in [2.45, 2.75) is 25.8 Å². The molecule has 1 unspecified atom stereocenters. The Balaban J connectivity index is 1.55. The van der Waals surface area contributed by atoms with Crippen LogP contribution in [0.25, 0.3) is 11.8 Å².